The van der Waals surface area contributed by atoms with Crippen LogP contribution in [0.1, 0.15) is 45.4 Å². The third kappa shape index (κ3) is 2.46. The summed E-state index contributed by atoms with van der Waals surface area (Å²) in [6.07, 6.45) is 8.34. The minimum atomic E-state index is 0.480. The van der Waals surface area contributed by atoms with Gasteiger partial charge in [-0.05, 0) is 48.5 Å². The molecule has 82 valence electrons. The first-order valence-corrected chi connectivity index (χ1v) is 7.18. The highest BCUT2D eigenvalue weighted by Gasteiger charge is 2.33. The van der Waals surface area contributed by atoms with Gasteiger partial charge in [0.1, 0.15) is 0 Å². The molecule has 1 saturated carbocycles. The lowest BCUT2D eigenvalue weighted by Gasteiger charge is -2.30. The van der Waals surface area contributed by atoms with Crippen molar-refractivity contribution in [3.8, 4) is 0 Å². The van der Waals surface area contributed by atoms with Gasteiger partial charge in [-0.3, -0.25) is 0 Å². The molecular weight excluding hydrogens is 190 g/mol. The van der Waals surface area contributed by atoms with Crippen LogP contribution in [0.4, 0.5) is 0 Å². The fourth-order valence-electron chi connectivity index (χ4n) is 3.06. The van der Waals surface area contributed by atoms with Crippen molar-refractivity contribution >= 4 is 11.8 Å². The zero-order valence-corrected chi connectivity index (χ0v) is 10.1. The van der Waals surface area contributed by atoms with Crippen molar-refractivity contribution in [2.24, 2.45) is 17.1 Å². The van der Waals surface area contributed by atoms with Crippen molar-refractivity contribution in [1.29, 1.82) is 0 Å². The first-order valence-electron chi connectivity index (χ1n) is 6.03. The molecule has 2 fully saturated rings. The van der Waals surface area contributed by atoms with Gasteiger partial charge >= 0.3 is 0 Å². The summed E-state index contributed by atoms with van der Waals surface area (Å²) < 4.78 is 0. The van der Waals surface area contributed by atoms with E-state index in [0.29, 0.717) is 11.5 Å². The first-order chi connectivity index (χ1) is 6.70. The van der Waals surface area contributed by atoms with Crippen LogP contribution in [-0.2, 0) is 0 Å². The van der Waals surface area contributed by atoms with Crippen molar-refractivity contribution in [1.82, 2.24) is 0 Å². The Morgan fingerprint density at radius 3 is 2.71 bits per heavy atom. The van der Waals surface area contributed by atoms with Crippen LogP contribution >= 0.6 is 11.8 Å². The lowest BCUT2D eigenvalue weighted by atomic mass is 9.79. The molecule has 0 aromatic rings. The minimum Gasteiger partial charge on any atom is -0.327 e. The summed E-state index contributed by atoms with van der Waals surface area (Å²) in [6, 6.07) is 0.480. The van der Waals surface area contributed by atoms with E-state index in [1.54, 1.807) is 0 Å². The third-order valence-electron chi connectivity index (χ3n) is 4.11. The Hall–Kier alpha value is 0.310. The van der Waals surface area contributed by atoms with Crippen LogP contribution in [0.2, 0.25) is 0 Å². The summed E-state index contributed by atoms with van der Waals surface area (Å²) in [5, 5.41) is 0. The Bertz CT molecular complexity index is 181. The Morgan fingerprint density at radius 2 is 2.14 bits per heavy atom. The van der Waals surface area contributed by atoms with E-state index in [9.17, 15) is 0 Å². The molecule has 0 amide bonds. The van der Waals surface area contributed by atoms with Gasteiger partial charge in [0.15, 0.2) is 0 Å². The fourth-order valence-corrected chi connectivity index (χ4v) is 4.41. The predicted molar refractivity (Wildman–Crippen MR) is 64.6 cm³/mol. The quantitative estimate of drug-likeness (QED) is 0.780. The van der Waals surface area contributed by atoms with E-state index >= 15 is 0 Å². The van der Waals surface area contributed by atoms with E-state index < -0.39 is 0 Å². The fraction of sp³-hybridized carbons (Fsp3) is 1.00. The zero-order valence-electron chi connectivity index (χ0n) is 9.30. The number of hydrogen-bond acceptors (Lipinski definition) is 2. The second kappa shape index (κ2) is 4.44. The SMILES string of the molecule is CC1(CC(N)C2CCSC2)CCCC1. The van der Waals surface area contributed by atoms with Gasteiger partial charge in [-0.15, -0.1) is 0 Å². The Morgan fingerprint density at radius 1 is 1.43 bits per heavy atom. The molecule has 2 heteroatoms. The lowest BCUT2D eigenvalue weighted by molar-refractivity contribution is 0.251. The molecule has 0 radical (unpaired) electrons. The van der Waals surface area contributed by atoms with Crippen molar-refractivity contribution in [3.05, 3.63) is 0 Å². The van der Waals surface area contributed by atoms with Crippen molar-refractivity contribution in [3.63, 3.8) is 0 Å². The van der Waals surface area contributed by atoms with Crippen LogP contribution in [0, 0.1) is 11.3 Å². The minimum absolute atomic E-state index is 0.480. The second-order valence-corrected chi connectivity index (χ2v) is 6.66. The molecule has 1 aliphatic carbocycles. The summed E-state index contributed by atoms with van der Waals surface area (Å²) in [5.41, 5.74) is 6.92. The van der Waals surface area contributed by atoms with Gasteiger partial charge in [0, 0.05) is 6.04 Å². The van der Waals surface area contributed by atoms with E-state index in [2.05, 4.69) is 18.7 Å². The molecular formula is C12H23NS. The van der Waals surface area contributed by atoms with E-state index in [0.717, 1.165) is 5.92 Å². The molecule has 0 bridgehead atoms. The van der Waals surface area contributed by atoms with Gasteiger partial charge in [0.2, 0.25) is 0 Å². The number of rotatable bonds is 3. The molecule has 2 aliphatic rings. The largest absolute Gasteiger partial charge is 0.327 e. The van der Waals surface area contributed by atoms with Crippen LogP contribution in [0.25, 0.3) is 0 Å². The van der Waals surface area contributed by atoms with Crippen molar-refractivity contribution < 1.29 is 0 Å². The van der Waals surface area contributed by atoms with Gasteiger partial charge in [-0.2, -0.15) is 11.8 Å². The Kier molecular flexibility index (Phi) is 3.43. The monoisotopic (exact) mass is 213 g/mol. The van der Waals surface area contributed by atoms with Gasteiger partial charge in [0.05, 0.1) is 0 Å². The normalized spacial score (nSPS) is 33.4. The van der Waals surface area contributed by atoms with Gasteiger partial charge in [-0.25, -0.2) is 0 Å². The Balaban J connectivity index is 1.83. The predicted octanol–water partition coefficient (Wildman–Crippen LogP) is 3.04. The zero-order chi connectivity index (χ0) is 10.0. The summed E-state index contributed by atoms with van der Waals surface area (Å²) in [4.78, 5) is 0. The van der Waals surface area contributed by atoms with Crippen molar-refractivity contribution in [2.45, 2.75) is 51.5 Å². The maximum absolute atomic E-state index is 6.33. The van der Waals surface area contributed by atoms with Crippen LogP contribution in [-0.4, -0.2) is 17.5 Å². The van der Waals surface area contributed by atoms with Crippen molar-refractivity contribution in [2.75, 3.05) is 11.5 Å². The molecule has 2 N–H and O–H groups in total. The molecule has 0 aromatic carbocycles. The van der Waals surface area contributed by atoms with Gasteiger partial charge < -0.3 is 5.73 Å². The molecule has 14 heavy (non-hydrogen) atoms. The molecule has 0 aromatic heterocycles. The van der Waals surface area contributed by atoms with E-state index in [-0.39, 0.29) is 0 Å². The van der Waals surface area contributed by atoms with E-state index in [1.807, 2.05) is 0 Å². The topological polar surface area (TPSA) is 26.0 Å². The van der Waals surface area contributed by atoms with Gasteiger partial charge in [-0.1, -0.05) is 19.8 Å². The first kappa shape index (κ1) is 10.8. The second-order valence-electron chi connectivity index (χ2n) is 5.51. The van der Waals surface area contributed by atoms with E-state index in [1.165, 1.54) is 50.0 Å². The maximum atomic E-state index is 6.33. The standard InChI is InChI=1S/C12H23NS/c1-12(5-2-3-6-12)8-11(13)10-4-7-14-9-10/h10-11H,2-9,13H2,1H3. The van der Waals surface area contributed by atoms with Gasteiger partial charge in [0.25, 0.3) is 0 Å². The molecule has 2 atom stereocenters. The molecule has 2 unspecified atom stereocenters. The highest BCUT2D eigenvalue weighted by Crippen LogP contribution is 2.42. The molecule has 1 saturated heterocycles. The van der Waals surface area contributed by atoms with Crippen LogP contribution in [0.3, 0.4) is 0 Å². The smallest absolute Gasteiger partial charge is 0.00805 e. The summed E-state index contributed by atoms with van der Waals surface area (Å²) >= 11 is 2.09. The molecule has 1 aliphatic heterocycles. The maximum Gasteiger partial charge on any atom is 0.00805 e. The lowest BCUT2D eigenvalue weighted by Crippen LogP contribution is -2.35. The van der Waals surface area contributed by atoms with Crippen LogP contribution < -0.4 is 5.73 Å². The van der Waals surface area contributed by atoms with Crippen LogP contribution in [0.5, 0.6) is 0 Å². The Labute approximate surface area is 92.2 Å². The summed E-state index contributed by atoms with van der Waals surface area (Å²) in [7, 11) is 0. The number of thioether (sulfide) groups is 1. The molecule has 2 rings (SSSR count). The summed E-state index contributed by atoms with van der Waals surface area (Å²) in [5.74, 6) is 3.48. The number of nitrogens with two attached hydrogens (primary N) is 1. The van der Waals surface area contributed by atoms with E-state index in [4.69, 9.17) is 5.73 Å². The highest BCUT2D eigenvalue weighted by molar-refractivity contribution is 7.99. The highest BCUT2D eigenvalue weighted by atomic mass is 32.2. The third-order valence-corrected chi connectivity index (χ3v) is 5.30. The number of hydrogen-bond donors (Lipinski definition) is 1. The molecule has 1 nitrogen and oxygen atoms in total. The summed E-state index contributed by atoms with van der Waals surface area (Å²) in [6.45, 7) is 2.45. The van der Waals surface area contributed by atoms with Crippen LogP contribution in [0.15, 0.2) is 0 Å². The molecule has 0 spiro atoms. The average Bonchev–Trinajstić information content (AvgIpc) is 2.74. The average molecular weight is 213 g/mol. The molecule has 1 heterocycles.